The van der Waals surface area contributed by atoms with Crippen LogP contribution in [0.4, 0.5) is 0 Å². The predicted molar refractivity (Wildman–Crippen MR) is 108 cm³/mol. The van der Waals surface area contributed by atoms with E-state index in [0.717, 1.165) is 16.8 Å². The largest absolute Gasteiger partial charge is 0.382 e. The number of aliphatic hydroxyl groups excluding tert-OH is 1. The number of nitrogens with zero attached hydrogens (tertiary/aromatic N) is 4. The summed E-state index contributed by atoms with van der Waals surface area (Å²) >= 11 is 0. The van der Waals surface area contributed by atoms with Crippen molar-refractivity contribution in [3.8, 4) is 17.3 Å². The third-order valence-corrected chi connectivity index (χ3v) is 4.78. The van der Waals surface area contributed by atoms with Crippen molar-refractivity contribution in [3.63, 3.8) is 0 Å². The third-order valence-electron chi connectivity index (χ3n) is 4.78. The number of aryl methyl sites for hydroxylation is 1. The van der Waals surface area contributed by atoms with E-state index >= 15 is 0 Å². The minimum atomic E-state index is -0.937. The zero-order valence-electron chi connectivity index (χ0n) is 16.6. The molecule has 0 fully saturated rings. The second kappa shape index (κ2) is 7.55. The first-order valence-corrected chi connectivity index (χ1v) is 9.16. The van der Waals surface area contributed by atoms with Gasteiger partial charge in [0.2, 0.25) is 0 Å². The number of nitrogens with two attached hydrogens (primary N) is 1. The summed E-state index contributed by atoms with van der Waals surface area (Å²) in [6.45, 7) is 6.66. The second-order valence-electron chi connectivity index (χ2n) is 7.90. The van der Waals surface area contributed by atoms with E-state index < -0.39 is 6.10 Å². The smallest absolute Gasteiger partial charge is 0.121 e. The van der Waals surface area contributed by atoms with Crippen LogP contribution in [0.1, 0.15) is 55.0 Å². The van der Waals surface area contributed by atoms with E-state index in [9.17, 15) is 10.4 Å². The van der Waals surface area contributed by atoms with Gasteiger partial charge in [-0.05, 0) is 35.4 Å². The first-order chi connectivity index (χ1) is 13.2. The topological polar surface area (TPSA) is 101 Å². The SMILES string of the molecule is Cn1nc(C(C)(C)C)cc1C(O)c1cc(C#N)ccc1-c1ccc(CN)cn1. The van der Waals surface area contributed by atoms with Gasteiger partial charge in [-0.25, -0.2) is 0 Å². The highest BCUT2D eigenvalue weighted by atomic mass is 16.3. The number of rotatable bonds is 4. The Labute approximate surface area is 165 Å². The predicted octanol–water partition coefficient (Wildman–Crippen LogP) is 3.19. The Morgan fingerprint density at radius 1 is 1.21 bits per heavy atom. The van der Waals surface area contributed by atoms with Crippen LogP contribution in [0.15, 0.2) is 42.6 Å². The number of hydrogen-bond acceptors (Lipinski definition) is 5. The monoisotopic (exact) mass is 375 g/mol. The Hall–Kier alpha value is -3.01. The zero-order valence-corrected chi connectivity index (χ0v) is 16.6. The Bertz CT molecular complexity index is 1020. The average molecular weight is 375 g/mol. The molecule has 3 aromatic rings. The molecule has 2 heterocycles. The van der Waals surface area contributed by atoms with Gasteiger partial charge in [-0.2, -0.15) is 10.4 Å². The van der Waals surface area contributed by atoms with Crippen molar-refractivity contribution in [2.75, 3.05) is 0 Å². The molecule has 6 nitrogen and oxygen atoms in total. The fourth-order valence-corrected chi connectivity index (χ4v) is 3.06. The van der Waals surface area contributed by atoms with E-state index in [1.807, 2.05) is 31.3 Å². The highest BCUT2D eigenvalue weighted by molar-refractivity contribution is 5.66. The molecule has 1 atom stereocenters. The molecule has 2 aromatic heterocycles. The first kappa shape index (κ1) is 19.7. The van der Waals surface area contributed by atoms with Crippen LogP contribution in [0.3, 0.4) is 0 Å². The Kier molecular flexibility index (Phi) is 5.32. The van der Waals surface area contributed by atoms with Crippen LogP contribution in [-0.4, -0.2) is 19.9 Å². The summed E-state index contributed by atoms with van der Waals surface area (Å²) in [5.74, 6) is 0. The van der Waals surface area contributed by atoms with Crippen molar-refractivity contribution in [2.45, 2.75) is 38.8 Å². The van der Waals surface area contributed by atoms with Crippen molar-refractivity contribution in [3.05, 3.63) is 70.7 Å². The van der Waals surface area contributed by atoms with Crippen LogP contribution in [0, 0.1) is 11.3 Å². The van der Waals surface area contributed by atoms with Gasteiger partial charge in [0.05, 0.1) is 28.7 Å². The summed E-state index contributed by atoms with van der Waals surface area (Å²) in [6.07, 6.45) is 0.791. The summed E-state index contributed by atoms with van der Waals surface area (Å²) in [5.41, 5.74) is 10.6. The number of benzene rings is 1. The molecule has 0 radical (unpaired) electrons. The van der Waals surface area contributed by atoms with Crippen LogP contribution in [0.25, 0.3) is 11.3 Å². The van der Waals surface area contributed by atoms with E-state index in [1.165, 1.54) is 0 Å². The Morgan fingerprint density at radius 2 is 1.96 bits per heavy atom. The van der Waals surface area contributed by atoms with Crippen LogP contribution in [0.2, 0.25) is 0 Å². The molecule has 3 N–H and O–H groups in total. The molecule has 0 aliphatic carbocycles. The summed E-state index contributed by atoms with van der Waals surface area (Å²) in [7, 11) is 1.82. The van der Waals surface area contributed by atoms with Gasteiger partial charge < -0.3 is 10.8 Å². The molecular weight excluding hydrogens is 350 g/mol. The molecular formula is C22H25N5O. The van der Waals surface area contributed by atoms with E-state index in [4.69, 9.17) is 5.73 Å². The van der Waals surface area contributed by atoms with Crippen LogP contribution >= 0.6 is 0 Å². The van der Waals surface area contributed by atoms with Gasteiger partial charge in [-0.15, -0.1) is 0 Å². The van der Waals surface area contributed by atoms with Crippen LogP contribution in [-0.2, 0) is 19.0 Å². The van der Waals surface area contributed by atoms with Gasteiger partial charge in [0.15, 0.2) is 0 Å². The van der Waals surface area contributed by atoms with E-state index in [1.54, 1.807) is 23.0 Å². The van der Waals surface area contributed by atoms with Crippen molar-refractivity contribution >= 4 is 0 Å². The molecule has 3 rings (SSSR count). The lowest BCUT2D eigenvalue weighted by Crippen LogP contribution is -2.12. The maximum Gasteiger partial charge on any atom is 0.121 e. The van der Waals surface area contributed by atoms with Gasteiger partial charge in [0.25, 0.3) is 0 Å². The van der Waals surface area contributed by atoms with E-state index in [-0.39, 0.29) is 5.41 Å². The molecule has 6 heteroatoms. The molecule has 0 spiro atoms. The molecule has 28 heavy (non-hydrogen) atoms. The lowest BCUT2D eigenvalue weighted by molar-refractivity contribution is 0.210. The van der Waals surface area contributed by atoms with Gasteiger partial charge >= 0.3 is 0 Å². The van der Waals surface area contributed by atoms with Crippen LogP contribution in [0.5, 0.6) is 0 Å². The van der Waals surface area contributed by atoms with Crippen molar-refractivity contribution in [2.24, 2.45) is 12.8 Å². The van der Waals surface area contributed by atoms with Crippen molar-refractivity contribution in [1.29, 1.82) is 5.26 Å². The fourth-order valence-electron chi connectivity index (χ4n) is 3.06. The number of nitriles is 1. The van der Waals surface area contributed by atoms with Gasteiger partial charge in [-0.1, -0.05) is 32.9 Å². The minimum Gasteiger partial charge on any atom is -0.382 e. The molecule has 0 bridgehead atoms. The van der Waals surface area contributed by atoms with Crippen molar-refractivity contribution in [1.82, 2.24) is 14.8 Å². The molecule has 0 saturated heterocycles. The van der Waals surface area contributed by atoms with E-state index in [0.29, 0.717) is 29.1 Å². The highest BCUT2D eigenvalue weighted by Crippen LogP contribution is 2.33. The van der Waals surface area contributed by atoms with Gasteiger partial charge in [0.1, 0.15) is 6.10 Å². The quantitative estimate of drug-likeness (QED) is 0.729. The zero-order chi connectivity index (χ0) is 20.5. The average Bonchev–Trinajstić information content (AvgIpc) is 3.09. The van der Waals surface area contributed by atoms with Gasteiger partial charge in [-0.3, -0.25) is 9.67 Å². The Morgan fingerprint density at radius 3 is 2.50 bits per heavy atom. The van der Waals surface area contributed by atoms with Crippen LogP contribution < -0.4 is 5.73 Å². The minimum absolute atomic E-state index is 0.132. The summed E-state index contributed by atoms with van der Waals surface area (Å²) in [6, 6.07) is 13.1. The molecule has 0 saturated carbocycles. The normalized spacial score (nSPS) is 12.6. The molecule has 144 valence electrons. The molecule has 0 aliphatic rings. The summed E-state index contributed by atoms with van der Waals surface area (Å²) in [4.78, 5) is 4.48. The summed E-state index contributed by atoms with van der Waals surface area (Å²) < 4.78 is 1.69. The number of aliphatic hydroxyl groups is 1. The highest BCUT2D eigenvalue weighted by Gasteiger charge is 2.25. The van der Waals surface area contributed by atoms with E-state index in [2.05, 4.69) is 36.9 Å². The summed E-state index contributed by atoms with van der Waals surface area (Å²) in [5, 5.41) is 25.1. The maximum atomic E-state index is 11.2. The number of aromatic nitrogens is 3. The maximum absolute atomic E-state index is 11.2. The molecule has 0 amide bonds. The Balaban J connectivity index is 2.12. The van der Waals surface area contributed by atoms with Crippen molar-refractivity contribution < 1.29 is 5.11 Å². The third kappa shape index (κ3) is 3.81. The molecule has 0 aliphatic heterocycles. The molecule has 1 aromatic carbocycles. The number of pyridine rings is 1. The number of hydrogen-bond donors (Lipinski definition) is 2. The second-order valence-corrected chi connectivity index (χ2v) is 7.90. The fraction of sp³-hybridized carbons (Fsp3) is 0.318. The standard InChI is InChI=1S/C22H25N5O/c1-22(2,3)20-10-19(27(4)26-20)21(28)17-9-14(11-23)5-7-16(17)18-8-6-15(12-24)13-25-18/h5-10,13,21,28H,12,24H2,1-4H3. The lowest BCUT2D eigenvalue weighted by Gasteiger charge is -2.16. The van der Waals surface area contributed by atoms with Gasteiger partial charge in [0, 0.05) is 30.8 Å². The molecule has 1 unspecified atom stereocenters. The lowest BCUT2D eigenvalue weighted by atomic mass is 9.91. The first-order valence-electron chi connectivity index (χ1n) is 9.16.